The normalized spacial score (nSPS) is 12.3. The highest BCUT2D eigenvalue weighted by Crippen LogP contribution is 2.17. The van der Waals surface area contributed by atoms with E-state index in [9.17, 15) is 0 Å². The Morgan fingerprint density at radius 1 is 1.45 bits per heavy atom. The van der Waals surface area contributed by atoms with Crippen LogP contribution < -0.4 is 15.4 Å². The van der Waals surface area contributed by atoms with Gasteiger partial charge < -0.3 is 15.4 Å². The molecule has 0 heterocycles. The third-order valence-electron chi connectivity index (χ3n) is 2.68. The quantitative estimate of drug-likeness (QED) is 0.299. The Balaban J connectivity index is 0.00000361. The van der Waals surface area contributed by atoms with Crippen molar-refractivity contribution < 1.29 is 4.74 Å². The molecule has 114 valence electrons. The zero-order valence-corrected chi connectivity index (χ0v) is 16.1. The monoisotopic (exact) mass is 455 g/mol. The lowest BCUT2D eigenvalue weighted by atomic mass is 10.3. The van der Waals surface area contributed by atoms with Gasteiger partial charge in [0, 0.05) is 17.6 Å². The third kappa shape index (κ3) is 7.94. The summed E-state index contributed by atoms with van der Waals surface area (Å²) >= 11 is 3.42. The number of benzene rings is 1. The number of nitrogens with zero attached hydrogens (tertiary/aromatic N) is 1. The number of ether oxygens (including phenoxy) is 1. The fraction of sp³-hybridized carbons (Fsp3) is 0.500. The summed E-state index contributed by atoms with van der Waals surface area (Å²) in [5, 5.41) is 6.52. The number of aliphatic imine (C=N–C) groups is 1. The van der Waals surface area contributed by atoms with E-state index in [2.05, 4.69) is 45.4 Å². The molecule has 1 unspecified atom stereocenters. The van der Waals surface area contributed by atoms with Crippen molar-refractivity contribution in [3.05, 3.63) is 28.7 Å². The van der Waals surface area contributed by atoms with Crippen molar-refractivity contribution in [1.82, 2.24) is 10.6 Å². The van der Waals surface area contributed by atoms with Crippen LogP contribution in [0.2, 0.25) is 0 Å². The summed E-state index contributed by atoms with van der Waals surface area (Å²) in [4.78, 5) is 4.17. The first-order chi connectivity index (χ1) is 9.15. The summed E-state index contributed by atoms with van der Waals surface area (Å²) in [6.07, 6.45) is 1.06. The zero-order valence-electron chi connectivity index (χ0n) is 12.1. The van der Waals surface area contributed by atoms with E-state index in [1.165, 1.54) is 0 Å². The van der Waals surface area contributed by atoms with E-state index >= 15 is 0 Å². The average molecular weight is 456 g/mol. The van der Waals surface area contributed by atoms with Gasteiger partial charge in [0.25, 0.3) is 0 Å². The molecule has 1 rings (SSSR count). The maximum atomic E-state index is 5.64. The van der Waals surface area contributed by atoms with Crippen LogP contribution in [0.1, 0.15) is 20.3 Å². The highest BCUT2D eigenvalue weighted by Gasteiger charge is 2.02. The molecule has 0 aliphatic rings. The van der Waals surface area contributed by atoms with Crippen LogP contribution in [0.25, 0.3) is 0 Å². The molecule has 0 bridgehead atoms. The first kappa shape index (κ1) is 19.5. The maximum absolute atomic E-state index is 5.64. The van der Waals surface area contributed by atoms with E-state index in [-0.39, 0.29) is 24.0 Å². The van der Waals surface area contributed by atoms with Crippen molar-refractivity contribution >= 4 is 45.9 Å². The minimum absolute atomic E-state index is 0. The predicted octanol–water partition coefficient (Wildman–Crippen LogP) is 3.41. The van der Waals surface area contributed by atoms with Crippen molar-refractivity contribution in [2.45, 2.75) is 26.3 Å². The standard InChI is InChI=1S/C14H22BrN3O.HI/c1-4-11(2)18-14(16-3)17-8-9-19-13-7-5-6-12(15)10-13;/h5-7,10-11H,4,8-9H2,1-3H3,(H2,16,17,18);1H. The number of nitrogens with one attached hydrogen (secondary N) is 2. The van der Waals surface area contributed by atoms with Gasteiger partial charge in [0.2, 0.25) is 0 Å². The van der Waals surface area contributed by atoms with Gasteiger partial charge >= 0.3 is 0 Å². The minimum Gasteiger partial charge on any atom is -0.492 e. The lowest BCUT2D eigenvalue weighted by Crippen LogP contribution is -2.43. The highest BCUT2D eigenvalue weighted by atomic mass is 127. The van der Waals surface area contributed by atoms with E-state index in [1.54, 1.807) is 7.05 Å². The second kappa shape index (κ2) is 11.2. The van der Waals surface area contributed by atoms with E-state index in [4.69, 9.17) is 4.74 Å². The summed E-state index contributed by atoms with van der Waals surface area (Å²) in [7, 11) is 1.77. The summed E-state index contributed by atoms with van der Waals surface area (Å²) in [5.74, 6) is 1.67. The SMILES string of the molecule is CCC(C)NC(=NC)NCCOc1cccc(Br)c1.I. The third-order valence-corrected chi connectivity index (χ3v) is 3.17. The van der Waals surface area contributed by atoms with Crippen LogP contribution >= 0.6 is 39.9 Å². The van der Waals surface area contributed by atoms with Crippen molar-refractivity contribution in [2.75, 3.05) is 20.2 Å². The molecule has 0 fully saturated rings. The Hall–Kier alpha value is -0.500. The van der Waals surface area contributed by atoms with Gasteiger partial charge in [-0.25, -0.2) is 0 Å². The molecule has 0 spiro atoms. The molecule has 0 radical (unpaired) electrons. The number of halogens is 2. The molecule has 0 aliphatic carbocycles. The zero-order chi connectivity index (χ0) is 14.1. The summed E-state index contributed by atoms with van der Waals surface area (Å²) in [5.41, 5.74) is 0. The van der Waals surface area contributed by atoms with Crippen molar-refractivity contribution in [2.24, 2.45) is 4.99 Å². The Morgan fingerprint density at radius 2 is 2.20 bits per heavy atom. The number of hydrogen-bond acceptors (Lipinski definition) is 2. The average Bonchev–Trinajstić information content (AvgIpc) is 2.42. The van der Waals surface area contributed by atoms with Crippen LogP contribution in [0.5, 0.6) is 5.75 Å². The number of hydrogen-bond donors (Lipinski definition) is 2. The van der Waals surface area contributed by atoms with Crippen LogP contribution in [0, 0.1) is 0 Å². The Bertz CT molecular complexity index is 415. The second-order valence-electron chi connectivity index (χ2n) is 4.26. The fourth-order valence-electron chi connectivity index (χ4n) is 1.43. The molecular weight excluding hydrogens is 433 g/mol. The Labute approximate surface area is 146 Å². The van der Waals surface area contributed by atoms with E-state index in [0.717, 1.165) is 22.6 Å². The lowest BCUT2D eigenvalue weighted by Gasteiger charge is -2.16. The minimum atomic E-state index is 0. The summed E-state index contributed by atoms with van der Waals surface area (Å²) in [6, 6.07) is 8.24. The van der Waals surface area contributed by atoms with E-state index in [0.29, 0.717) is 19.2 Å². The smallest absolute Gasteiger partial charge is 0.191 e. The summed E-state index contributed by atoms with van der Waals surface area (Å²) < 4.78 is 6.66. The van der Waals surface area contributed by atoms with Gasteiger partial charge in [0.1, 0.15) is 12.4 Å². The van der Waals surface area contributed by atoms with Crippen LogP contribution in [-0.2, 0) is 0 Å². The molecule has 0 aromatic heterocycles. The molecule has 0 amide bonds. The molecule has 6 heteroatoms. The van der Waals surface area contributed by atoms with Gasteiger partial charge in [-0.2, -0.15) is 0 Å². The highest BCUT2D eigenvalue weighted by molar-refractivity contribution is 14.0. The molecule has 4 nitrogen and oxygen atoms in total. The topological polar surface area (TPSA) is 45.7 Å². The lowest BCUT2D eigenvalue weighted by molar-refractivity contribution is 0.321. The number of rotatable bonds is 6. The van der Waals surface area contributed by atoms with Gasteiger partial charge in [-0.15, -0.1) is 24.0 Å². The molecule has 2 N–H and O–H groups in total. The van der Waals surface area contributed by atoms with Crippen LogP contribution in [-0.4, -0.2) is 32.2 Å². The second-order valence-corrected chi connectivity index (χ2v) is 5.17. The fourth-order valence-corrected chi connectivity index (χ4v) is 1.80. The van der Waals surface area contributed by atoms with Gasteiger partial charge in [0.05, 0.1) is 6.54 Å². The molecule has 0 saturated carbocycles. The Kier molecular flexibility index (Phi) is 10.9. The van der Waals surface area contributed by atoms with Gasteiger partial charge in [0.15, 0.2) is 5.96 Å². The van der Waals surface area contributed by atoms with Crippen molar-refractivity contribution in [1.29, 1.82) is 0 Å². The molecule has 0 saturated heterocycles. The van der Waals surface area contributed by atoms with Crippen LogP contribution in [0.15, 0.2) is 33.7 Å². The van der Waals surface area contributed by atoms with Crippen molar-refractivity contribution in [3.63, 3.8) is 0 Å². The predicted molar refractivity (Wildman–Crippen MR) is 99.3 cm³/mol. The summed E-state index contributed by atoms with van der Waals surface area (Å²) in [6.45, 7) is 5.58. The van der Waals surface area contributed by atoms with Crippen LogP contribution in [0.4, 0.5) is 0 Å². The molecule has 1 aromatic rings. The van der Waals surface area contributed by atoms with Gasteiger partial charge in [-0.05, 0) is 31.5 Å². The van der Waals surface area contributed by atoms with Gasteiger partial charge in [-0.3, -0.25) is 4.99 Å². The largest absolute Gasteiger partial charge is 0.492 e. The van der Waals surface area contributed by atoms with E-state index < -0.39 is 0 Å². The first-order valence-electron chi connectivity index (χ1n) is 6.51. The first-order valence-corrected chi connectivity index (χ1v) is 7.30. The molecule has 1 aromatic carbocycles. The Morgan fingerprint density at radius 3 is 2.80 bits per heavy atom. The molecular formula is C14H23BrIN3O. The molecule has 20 heavy (non-hydrogen) atoms. The van der Waals surface area contributed by atoms with Gasteiger partial charge in [-0.1, -0.05) is 28.9 Å². The number of guanidine groups is 1. The molecule has 1 atom stereocenters. The van der Waals surface area contributed by atoms with Crippen molar-refractivity contribution in [3.8, 4) is 5.75 Å². The molecule has 0 aliphatic heterocycles. The van der Waals surface area contributed by atoms with E-state index in [1.807, 2.05) is 24.3 Å². The van der Waals surface area contributed by atoms with Crippen LogP contribution in [0.3, 0.4) is 0 Å². The maximum Gasteiger partial charge on any atom is 0.191 e.